The van der Waals surface area contributed by atoms with Crippen molar-refractivity contribution in [2.45, 2.75) is 20.4 Å². The Balaban J connectivity index is 1.30. The van der Waals surface area contributed by atoms with E-state index < -0.39 is 0 Å². The number of aromatic nitrogens is 5. The molecule has 0 amide bonds. The van der Waals surface area contributed by atoms with Crippen molar-refractivity contribution in [3.63, 3.8) is 0 Å². The van der Waals surface area contributed by atoms with Gasteiger partial charge in [0, 0.05) is 28.4 Å². The van der Waals surface area contributed by atoms with E-state index in [0.717, 1.165) is 61.5 Å². The molecule has 4 aromatic heterocycles. The molecule has 0 bridgehead atoms. The number of fused-ring (bicyclic) bond motifs is 2. The van der Waals surface area contributed by atoms with E-state index in [1.807, 2.05) is 44.2 Å². The van der Waals surface area contributed by atoms with Crippen LogP contribution in [0.3, 0.4) is 0 Å². The average Bonchev–Trinajstić information content (AvgIpc) is 3.77. The number of imidazole rings is 1. The molecule has 0 fully saturated rings. The van der Waals surface area contributed by atoms with Gasteiger partial charge in [-0.1, -0.05) is 67.8 Å². The van der Waals surface area contributed by atoms with Gasteiger partial charge in [0.15, 0.2) is 11.5 Å². The number of pyridine rings is 1. The molecule has 6 nitrogen and oxygen atoms in total. The van der Waals surface area contributed by atoms with E-state index in [2.05, 4.69) is 94.3 Å². The van der Waals surface area contributed by atoms with Crippen LogP contribution in [0.4, 0.5) is 0 Å². The number of benzene rings is 2. The molecule has 0 saturated carbocycles. The summed E-state index contributed by atoms with van der Waals surface area (Å²) in [6.07, 6.45) is 6.09. The number of nitrogens with one attached hydrogen (secondary N) is 3. The summed E-state index contributed by atoms with van der Waals surface area (Å²) in [6.45, 7) is 13.7. The molecule has 7 heteroatoms. The fourth-order valence-corrected chi connectivity index (χ4v) is 5.87. The fraction of sp³-hybridized carbons (Fsp3) is 0.114. The summed E-state index contributed by atoms with van der Waals surface area (Å²) in [5.41, 5.74) is 10.5. The average molecular weight is 569 g/mol. The van der Waals surface area contributed by atoms with E-state index in [1.54, 1.807) is 11.3 Å². The molecular formula is C35H32N6S. The number of rotatable bonds is 10. The second-order valence-electron chi connectivity index (χ2n) is 10.2. The van der Waals surface area contributed by atoms with Gasteiger partial charge in [-0.05, 0) is 72.5 Å². The second-order valence-corrected chi connectivity index (χ2v) is 11.2. The number of allylic oxidation sites excluding steroid dienone is 4. The van der Waals surface area contributed by atoms with Crippen LogP contribution in [0.25, 0.3) is 55.2 Å². The van der Waals surface area contributed by atoms with Gasteiger partial charge >= 0.3 is 0 Å². The maximum absolute atomic E-state index is 5.04. The summed E-state index contributed by atoms with van der Waals surface area (Å²) in [5.74, 6) is 0.680. The van der Waals surface area contributed by atoms with Crippen LogP contribution in [0.1, 0.15) is 30.0 Å². The van der Waals surface area contributed by atoms with Crippen LogP contribution in [-0.4, -0.2) is 31.7 Å². The van der Waals surface area contributed by atoms with Crippen molar-refractivity contribution < 1.29 is 0 Å². The minimum atomic E-state index is 0.680. The summed E-state index contributed by atoms with van der Waals surface area (Å²) in [4.78, 5) is 15.9. The SMILES string of the molecule is C=C/C(=C\C(=C/C)c1ccc2[nH]nc(-c3nc4c(-c5ccc(C(=C)C)s5)cccc4[nH]3)c2n1)CNCc1ccccc1. The number of para-hydroxylation sites is 1. The highest BCUT2D eigenvalue weighted by Crippen LogP contribution is 2.36. The van der Waals surface area contributed by atoms with Gasteiger partial charge in [0.05, 0.1) is 22.2 Å². The maximum Gasteiger partial charge on any atom is 0.161 e. The summed E-state index contributed by atoms with van der Waals surface area (Å²) >= 11 is 1.73. The standard InChI is InChI=1S/C35H32N6S/c1-5-23(20-36-21-24-11-8-7-9-12-24)19-25(6-2)27-15-16-29-33(37-27)34(41-40-29)35-38-28-14-10-13-26(32(28)39-35)31-18-17-30(42-31)22(3)4/h5-19,36H,1,3,20-21H2,2,4H3,(H,38,39)(H,40,41)/b23-19+,25-6+. The van der Waals surface area contributed by atoms with Crippen molar-refractivity contribution in [1.29, 1.82) is 0 Å². The van der Waals surface area contributed by atoms with Crippen LogP contribution in [0.5, 0.6) is 0 Å². The van der Waals surface area contributed by atoms with Crippen molar-refractivity contribution in [1.82, 2.24) is 30.5 Å². The van der Waals surface area contributed by atoms with Crippen LogP contribution in [-0.2, 0) is 6.54 Å². The van der Waals surface area contributed by atoms with Crippen LogP contribution >= 0.6 is 11.3 Å². The van der Waals surface area contributed by atoms with Crippen LogP contribution < -0.4 is 5.32 Å². The minimum absolute atomic E-state index is 0.680. The third-order valence-electron chi connectivity index (χ3n) is 7.15. The number of hydrogen-bond acceptors (Lipinski definition) is 5. The third kappa shape index (κ3) is 5.52. The number of H-pyrrole nitrogens is 2. The second kappa shape index (κ2) is 11.9. The highest BCUT2D eigenvalue weighted by molar-refractivity contribution is 7.16. The molecule has 0 spiro atoms. The first kappa shape index (κ1) is 27.3. The van der Waals surface area contributed by atoms with Gasteiger partial charge in [-0.15, -0.1) is 11.3 Å². The van der Waals surface area contributed by atoms with Crippen molar-refractivity contribution in [3.05, 3.63) is 126 Å². The van der Waals surface area contributed by atoms with Gasteiger partial charge in [0.25, 0.3) is 0 Å². The summed E-state index contributed by atoms with van der Waals surface area (Å²) in [6, 6.07) is 24.9. The Labute approximate surface area is 249 Å². The predicted octanol–water partition coefficient (Wildman–Crippen LogP) is 8.57. The largest absolute Gasteiger partial charge is 0.336 e. The van der Waals surface area contributed by atoms with Crippen LogP contribution in [0, 0.1) is 0 Å². The number of aromatic amines is 2. The minimum Gasteiger partial charge on any atom is -0.336 e. The van der Waals surface area contributed by atoms with Crippen molar-refractivity contribution >= 4 is 44.5 Å². The first-order chi connectivity index (χ1) is 20.5. The lowest BCUT2D eigenvalue weighted by atomic mass is 10.1. The van der Waals surface area contributed by atoms with Crippen molar-refractivity contribution in [2.75, 3.05) is 6.54 Å². The van der Waals surface area contributed by atoms with Crippen molar-refractivity contribution in [2.24, 2.45) is 0 Å². The molecule has 6 rings (SSSR count). The molecule has 0 atom stereocenters. The number of thiophene rings is 1. The molecule has 0 unspecified atom stereocenters. The third-order valence-corrected chi connectivity index (χ3v) is 8.43. The van der Waals surface area contributed by atoms with Gasteiger partial charge in [0.2, 0.25) is 0 Å². The molecule has 0 aliphatic carbocycles. The van der Waals surface area contributed by atoms with Gasteiger partial charge in [0.1, 0.15) is 5.52 Å². The van der Waals surface area contributed by atoms with E-state index in [4.69, 9.17) is 9.97 Å². The fourth-order valence-electron chi connectivity index (χ4n) is 4.91. The molecule has 208 valence electrons. The molecule has 0 aliphatic heterocycles. The molecule has 6 aromatic rings. The molecule has 42 heavy (non-hydrogen) atoms. The zero-order chi connectivity index (χ0) is 29.1. The van der Waals surface area contributed by atoms with E-state index in [-0.39, 0.29) is 0 Å². The smallest absolute Gasteiger partial charge is 0.161 e. The van der Waals surface area contributed by atoms with Gasteiger partial charge in [-0.25, -0.2) is 9.97 Å². The zero-order valence-corrected chi connectivity index (χ0v) is 24.6. The Morgan fingerprint density at radius 3 is 2.57 bits per heavy atom. The predicted molar refractivity (Wildman–Crippen MR) is 177 cm³/mol. The Kier molecular flexibility index (Phi) is 7.77. The van der Waals surface area contributed by atoms with Gasteiger partial charge in [-0.3, -0.25) is 5.10 Å². The Hall–Kier alpha value is -4.85. The van der Waals surface area contributed by atoms with E-state index >= 15 is 0 Å². The van der Waals surface area contributed by atoms with E-state index in [0.29, 0.717) is 18.1 Å². The highest BCUT2D eigenvalue weighted by atomic mass is 32.1. The molecule has 3 N–H and O–H groups in total. The molecule has 4 heterocycles. The lowest BCUT2D eigenvalue weighted by Gasteiger charge is -2.08. The maximum atomic E-state index is 5.04. The molecular weight excluding hydrogens is 536 g/mol. The molecule has 0 saturated heterocycles. The summed E-state index contributed by atoms with van der Waals surface area (Å²) < 4.78 is 0. The molecule has 0 aliphatic rings. The van der Waals surface area contributed by atoms with E-state index in [9.17, 15) is 0 Å². The van der Waals surface area contributed by atoms with Gasteiger partial charge < -0.3 is 10.3 Å². The first-order valence-corrected chi connectivity index (χ1v) is 14.7. The first-order valence-electron chi connectivity index (χ1n) is 13.9. The van der Waals surface area contributed by atoms with Crippen LogP contribution in [0.15, 0.2) is 110 Å². The summed E-state index contributed by atoms with van der Waals surface area (Å²) in [5, 5.41) is 11.3. The monoisotopic (exact) mass is 568 g/mol. The molecule has 2 aromatic carbocycles. The zero-order valence-electron chi connectivity index (χ0n) is 23.7. The Morgan fingerprint density at radius 1 is 0.952 bits per heavy atom. The van der Waals surface area contributed by atoms with Crippen molar-refractivity contribution in [3.8, 4) is 22.0 Å². The number of hydrogen-bond donors (Lipinski definition) is 3. The van der Waals surface area contributed by atoms with Gasteiger partial charge in [-0.2, -0.15) is 5.10 Å². The Bertz CT molecular complexity index is 1970. The topological polar surface area (TPSA) is 82.3 Å². The lowest BCUT2D eigenvalue weighted by molar-refractivity contribution is 0.747. The molecule has 0 radical (unpaired) electrons. The van der Waals surface area contributed by atoms with Crippen LogP contribution in [0.2, 0.25) is 0 Å². The quantitative estimate of drug-likeness (QED) is 0.145. The Morgan fingerprint density at radius 2 is 1.81 bits per heavy atom. The number of nitrogens with zero attached hydrogens (tertiary/aromatic N) is 3. The normalized spacial score (nSPS) is 12.3. The highest BCUT2D eigenvalue weighted by Gasteiger charge is 2.17. The lowest BCUT2D eigenvalue weighted by Crippen LogP contribution is -2.16. The summed E-state index contributed by atoms with van der Waals surface area (Å²) in [7, 11) is 0. The van der Waals surface area contributed by atoms with E-state index in [1.165, 1.54) is 10.4 Å².